The fourth-order valence-electron chi connectivity index (χ4n) is 2.72. The summed E-state index contributed by atoms with van der Waals surface area (Å²) in [5.41, 5.74) is -0.214. The second kappa shape index (κ2) is 6.11. The van der Waals surface area contributed by atoms with Crippen LogP contribution in [-0.4, -0.2) is 39.6 Å². The van der Waals surface area contributed by atoms with Crippen LogP contribution in [0.1, 0.15) is 36.5 Å². The number of amides is 1. The molecule has 6 heteroatoms. The lowest BCUT2D eigenvalue weighted by Crippen LogP contribution is -2.50. The minimum absolute atomic E-state index is 0.214. The third kappa shape index (κ3) is 3.15. The Morgan fingerprint density at radius 3 is 2.71 bits per heavy atom. The number of hydrogen-bond donors (Lipinski definition) is 2. The number of phenols is 1. The van der Waals surface area contributed by atoms with E-state index in [0.29, 0.717) is 19.4 Å². The van der Waals surface area contributed by atoms with E-state index >= 15 is 0 Å². The largest absolute Gasteiger partial charge is 0.508 e. The maximum atomic E-state index is 13.8. The number of carboxylic acid groups (broad SMARTS) is 1. The van der Waals surface area contributed by atoms with Gasteiger partial charge in [-0.25, -0.2) is 9.18 Å². The number of carbonyl (C=O) groups is 2. The van der Waals surface area contributed by atoms with Gasteiger partial charge in [0.2, 0.25) is 0 Å². The van der Waals surface area contributed by atoms with Crippen LogP contribution in [0.15, 0.2) is 18.2 Å². The van der Waals surface area contributed by atoms with E-state index in [-0.39, 0.29) is 17.2 Å². The normalized spacial score (nSPS) is 22.1. The number of phenolic OH excluding ortho intramolecular Hbond substituents is 1. The van der Waals surface area contributed by atoms with Crippen LogP contribution >= 0.6 is 0 Å². The van der Waals surface area contributed by atoms with Gasteiger partial charge in [0, 0.05) is 12.6 Å². The lowest BCUT2D eigenvalue weighted by atomic mass is 9.88. The summed E-state index contributed by atoms with van der Waals surface area (Å²) in [6.07, 6.45) is 1.96. The second-order valence-corrected chi connectivity index (χ2v) is 5.32. The summed E-state index contributed by atoms with van der Waals surface area (Å²) in [5.74, 6) is -2.57. The van der Waals surface area contributed by atoms with Gasteiger partial charge in [-0.15, -0.1) is 0 Å². The molecule has 1 fully saturated rings. The summed E-state index contributed by atoms with van der Waals surface area (Å²) < 4.78 is 13.8. The molecule has 1 aliphatic rings. The predicted molar refractivity (Wildman–Crippen MR) is 73.5 cm³/mol. The first kappa shape index (κ1) is 15.3. The van der Waals surface area contributed by atoms with E-state index in [9.17, 15) is 24.2 Å². The number of benzene rings is 1. The Labute approximate surface area is 122 Å². The van der Waals surface area contributed by atoms with Crippen molar-refractivity contribution >= 4 is 11.9 Å². The van der Waals surface area contributed by atoms with Crippen LogP contribution in [0.4, 0.5) is 4.39 Å². The zero-order chi connectivity index (χ0) is 15.6. The van der Waals surface area contributed by atoms with Gasteiger partial charge in [0.1, 0.15) is 17.6 Å². The number of halogens is 1. The number of hydrogen-bond acceptors (Lipinski definition) is 3. The first-order chi connectivity index (χ1) is 9.93. The molecule has 1 aliphatic heterocycles. The third-order valence-electron chi connectivity index (χ3n) is 4.02. The molecule has 5 nitrogen and oxygen atoms in total. The van der Waals surface area contributed by atoms with E-state index in [1.165, 1.54) is 17.0 Å². The molecule has 2 N–H and O–H groups in total. The summed E-state index contributed by atoms with van der Waals surface area (Å²) in [6, 6.07) is 2.31. The second-order valence-electron chi connectivity index (χ2n) is 5.32. The summed E-state index contributed by atoms with van der Waals surface area (Å²) in [7, 11) is 0. The average molecular weight is 295 g/mol. The average Bonchev–Trinajstić information content (AvgIpc) is 2.46. The minimum atomic E-state index is -1.07. The van der Waals surface area contributed by atoms with Crippen molar-refractivity contribution in [3.8, 4) is 5.75 Å². The number of likely N-dealkylation sites (tertiary alicyclic amines) is 1. The number of carboxylic acids is 1. The highest BCUT2D eigenvalue weighted by Gasteiger charge is 2.36. The lowest BCUT2D eigenvalue weighted by Gasteiger charge is -2.37. The van der Waals surface area contributed by atoms with E-state index in [0.717, 1.165) is 12.5 Å². The number of piperidine rings is 1. The predicted octanol–water partition coefficient (Wildman–Crippen LogP) is 2.25. The molecule has 0 aromatic heterocycles. The highest BCUT2D eigenvalue weighted by molar-refractivity contribution is 5.97. The van der Waals surface area contributed by atoms with Gasteiger partial charge in [0.05, 0.1) is 5.56 Å². The molecular formula is C15H18FNO4. The maximum Gasteiger partial charge on any atom is 0.326 e. The van der Waals surface area contributed by atoms with Crippen molar-refractivity contribution < 1.29 is 24.2 Å². The molecule has 0 aliphatic carbocycles. The van der Waals surface area contributed by atoms with Crippen molar-refractivity contribution in [2.45, 2.75) is 32.2 Å². The molecule has 0 bridgehead atoms. The molecule has 1 heterocycles. The van der Waals surface area contributed by atoms with Crippen LogP contribution in [0.5, 0.6) is 5.75 Å². The topological polar surface area (TPSA) is 77.8 Å². The van der Waals surface area contributed by atoms with Crippen molar-refractivity contribution in [3.05, 3.63) is 29.6 Å². The molecule has 1 saturated heterocycles. The Kier molecular flexibility index (Phi) is 4.45. The van der Waals surface area contributed by atoms with Gasteiger partial charge in [-0.2, -0.15) is 0 Å². The molecule has 1 aromatic carbocycles. The Morgan fingerprint density at radius 2 is 2.14 bits per heavy atom. The molecular weight excluding hydrogens is 277 g/mol. The van der Waals surface area contributed by atoms with Crippen molar-refractivity contribution in [2.24, 2.45) is 5.92 Å². The van der Waals surface area contributed by atoms with Gasteiger partial charge >= 0.3 is 5.97 Å². The van der Waals surface area contributed by atoms with Crippen LogP contribution < -0.4 is 0 Å². The van der Waals surface area contributed by atoms with E-state index < -0.39 is 23.7 Å². The van der Waals surface area contributed by atoms with E-state index in [2.05, 4.69) is 0 Å². The van der Waals surface area contributed by atoms with E-state index in [4.69, 9.17) is 0 Å². The van der Waals surface area contributed by atoms with Crippen LogP contribution in [0.3, 0.4) is 0 Å². The summed E-state index contributed by atoms with van der Waals surface area (Å²) in [6.45, 7) is 2.29. The van der Waals surface area contributed by atoms with Crippen LogP contribution in [0.25, 0.3) is 0 Å². The highest BCUT2D eigenvalue weighted by Crippen LogP contribution is 2.28. The lowest BCUT2D eigenvalue weighted by molar-refractivity contribution is -0.144. The summed E-state index contributed by atoms with van der Waals surface area (Å²) >= 11 is 0. The maximum absolute atomic E-state index is 13.8. The van der Waals surface area contributed by atoms with Crippen molar-refractivity contribution in [3.63, 3.8) is 0 Å². The summed E-state index contributed by atoms with van der Waals surface area (Å²) in [5, 5.41) is 18.5. The molecule has 2 atom stereocenters. The Hall–Kier alpha value is -2.11. The van der Waals surface area contributed by atoms with Gasteiger partial charge in [0.15, 0.2) is 0 Å². The number of rotatable bonds is 3. The Balaban J connectivity index is 2.26. The molecule has 0 radical (unpaired) electrons. The van der Waals surface area contributed by atoms with E-state index in [1.807, 2.05) is 6.92 Å². The van der Waals surface area contributed by atoms with Crippen LogP contribution in [0.2, 0.25) is 0 Å². The Bertz CT molecular complexity index is 561. The SMILES string of the molecule is CCC1CCN(C(=O)c2ccc(O)cc2F)C(C(=O)O)C1. The molecule has 1 aromatic rings. The number of aliphatic carboxylic acids is 1. The minimum Gasteiger partial charge on any atom is -0.508 e. The number of nitrogens with zero attached hydrogens (tertiary/aromatic N) is 1. The zero-order valence-corrected chi connectivity index (χ0v) is 11.8. The first-order valence-electron chi connectivity index (χ1n) is 6.96. The molecule has 0 spiro atoms. The number of carbonyl (C=O) groups excluding carboxylic acids is 1. The van der Waals surface area contributed by atoms with Crippen LogP contribution in [0, 0.1) is 11.7 Å². The molecule has 2 rings (SSSR count). The fraction of sp³-hybridized carbons (Fsp3) is 0.467. The molecule has 1 amide bonds. The zero-order valence-electron chi connectivity index (χ0n) is 11.8. The monoisotopic (exact) mass is 295 g/mol. The van der Waals surface area contributed by atoms with Gasteiger partial charge in [-0.1, -0.05) is 13.3 Å². The van der Waals surface area contributed by atoms with Crippen LogP contribution in [-0.2, 0) is 4.79 Å². The van der Waals surface area contributed by atoms with Crippen molar-refractivity contribution in [1.82, 2.24) is 4.90 Å². The highest BCUT2D eigenvalue weighted by atomic mass is 19.1. The fourth-order valence-corrected chi connectivity index (χ4v) is 2.72. The van der Waals surface area contributed by atoms with Gasteiger partial charge < -0.3 is 15.1 Å². The van der Waals surface area contributed by atoms with Crippen molar-refractivity contribution in [1.29, 1.82) is 0 Å². The molecule has 2 unspecified atom stereocenters. The van der Waals surface area contributed by atoms with E-state index in [1.54, 1.807) is 0 Å². The van der Waals surface area contributed by atoms with Crippen molar-refractivity contribution in [2.75, 3.05) is 6.54 Å². The molecule has 21 heavy (non-hydrogen) atoms. The van der Waals surface area contributed by atoms with Gasteiger partial charge in [-0.05, 0) is 30.9 Å². The Morgan fingerprint density at radius 1 is 1.43 bits per heavy atom. The van der Waals surface area contributed by atoms with Gasteiger partial charge in [0.25, 0.3) is 5.91 Å². The quantitative estimate of drug-likeness (QED) is 0.896. The van der Waals surface area contributed by atoms with Gasteiger partial charge in [-0.3, -0.25) is 4.79 Å². The summed E-state index contributed by atoms with van der Waals surface area (Å²) in [4.78, 5) is 25.0. The smallest absolute Gasteiger partial charge is 0.326 e. The molecule has 114 valence electrons. The number of aromatic hydroxyl groups is 1. The molecule has 0 saturated carbocycles. The first-order valence-corrected chi connectivity index (χ1v) is 6.96. The standard InChI is InChI=1S/C15H18FNO4/c1-2-9-5-6-17(13(7-9)15(20)21)14(19)11-4-3-10(18)8-12(11)16/h3-4,8-9,13,18H,2,5-7H2,1H3,(H,20,21). The third-order valence-corrected chi connectivity index (χ3v) is 4.02.